The summed E-state index contributed by atoms with van der Waals surface area (Å²) in [6, 6.07) is 12.3. The molecule has 1 aliphatic heterocycles. The van der Waals surface area contributed by atoms with Gasteiger partial charge in [-0.25, -0.2) is 9.18 Å². The zero-order valence-electron chi connectivity index (χ0n) is 17.2. The Balaban J connectivity index is 1.60. The fraction of sp³-hybridized carbons (Fsp3) is 0.391. The monoisotopic (exact) mass is 397 g/mol. The Morgan fingerprint density at radius 3 is 2.55 bits per heavy atom. The molecule has 0 radical (unpaired) electrons. The number of anilines is 1. The van der Waals surface area contributed by atoms with Crippen molar-refractivity contribution in [3.8, 4) is 0 Å². The van der Waals surface area contributed by atoms with Gasteiger partial charge in [0.2, 0.25) is 5.91 Å². The van der Waals surface area contributed by atoms with Crippen LogP contribution < -0.4 is 10.6 Å². The molecular weight excluding hydrogens is 369 g/mol. The molecule has 1 unspecified atom stereocenters. The van der Waals surface area contributed by atoms with E-state index in [1.54, 1.807) is 24.0 Å². The van der Waals surface area contributed by atoms with Crippen molar-refractivity contribution < 1.29 is 14.0 Å². The summed E-state index contributed by atoms with van der Waals surface area (Å²) in [5.74, 6) is -0.418. The number of benzene rings is 2. The summed E-state index contributed by atoms with van der Waals surface area (Å²) in [6.07, 6.45) is 1.46. The van der Waals surface area contributed by atoms with Gasteiger partial charge in [0.1, 0.15) is 5.82 Å². The van der Waals surface area contributed by atoms with Crippen molar-refractivity contribution in [2.75, 3.05) is 18.4 Å². The molecule has 1 atom stereocenters. The highest BCUT2D eigenvalue weighted by Crippen LogP contribution is 2.30. The predicted octanol–water partition coefficient (Wildman–Crippen LogP) is 4.39. The molecule has 0 bridgehead atoms. The third-order valence-electron chi connectivity index (χ3n) is 5.53. The minimum atomic E-state index is -0.654. The number of aryl methyl sites for hydroxylation is 2. The lowest BCUT2D eigenvalue weighted by Gasteiger charge is -2.39. The molecule has 2 N–H and O–H groups in total. The highest BCUT2D eigenvalue weighted by molar-refractivity contribution is 5.90. The number of likely N-dealkylation sites (tertiary alicyclic amines) is 1. The number of carbonyl (C=O) groups is 2. The number of halogens is 1. The van der Waals surface area contributed by atoms with Crippen molar-refractivity contribution in [3.05, 3.63) is 65.0 Å². The summed E-state index contributed by atoms with van der Waals surface area (Å²) in [4.78, 5) is 27.1. The molecule has 5 nitrogen and oxygen atoms in total. The van der Waals surface area contributed by atoms with Crippen molar-refractivity contribution in [2.45, 2.75) is 40.2 Å². The third kappa shape index (κ3) is 5.13. The summed E-state index contributed by atoms with van der Waals surface area (Å²) >= 11 is 0. The molecule has 3 amide bonds. The Labute approximate surface area is 171 Å². The van der Waals surface area contributed by atoms with Crippen LogP contribution in [-0.4, -0.2) is 29.9 Å². The summed E-state index contributed by atoms with van der Waals surface area (Å²) in [5.41, 5.74) is 2.50. The first-order valence-corrected chi connectivity index (χ1v) is 9.93. The van der Waals surface area contributed by atoms with Crippen molar-refractivity contribution in [1.82, 2.24) is 10.2 Å². The van der Waals surface area contributed by atoms with E-state index in [1.165, 1.54) is 11.6 Å². The van der Waals surface area contributed by atoms with Crippen molar-refractivity contribution in [1.29, 1.82) is 0 Å². The lowest BCUT2D eigenvalue weighted by Crippen LogP contribution is -2.52. The second-order valence-electron chi connectivity index (χ2n) is 8.15. The first-order valence-electron chi connectivity index (χ1n) is 9.93. The first-order chi connectivity index (χ1) is 13.8. The van der Waals surface area contributed by atoms with Gasteiger partial charge in [-0.2, -0.15) is 0 Å². The minimum Gasteiger partial charge on any atom is -0.351 e. The second kappa shape index (κ2) is 8.64. The topological polar surface area (TPSA) is 61.4 Å². The largest absolute Gasteiger partial charge is 0.351 e. The van der Waals surface area contributed by atoms with Crippen molar-refractivity contribution in [3.63, 3.8) is 0 Å². The summed E-state index contributed by atoms with van der Waals surface area (Å²) < 4.78 is 13.7. The lowest BCUT2D eigenvalue weighted by atomic mass is 9.81. The van der Waals surface area contributed by atoms with Gasteiger partial charge >= 0.3 is 6.03 Å². The Morgan fingerprint density at radius 2 is 1.86 bits per heavy atom. The zero-order chi connectivity index (χ0) is 21.0. The molecule has 1 saturated heterocycles. The average molecular weight is 397 g/mol. The number of urea groups is 1. The van der Waals surface area contributed by atoms with E-state index in [0.29, 0.717) is 30.9 Å². The van der Waals surface area contributed by atoms with Crippen LogP contribution in [0.4, 0.5) is 14.9 Å². The van der Waals surface area contributed by atoms with Gasteiger partial charge in [0, 0.05) is 25.3 Å². The number of rotatable bonds is 4. The van der Waals surface area contributed by atoms with E-state index >= 15 is 0 Å². The molecule has 2 aromatic rings. The quantitative estimate of drug-likeness (QED) is 0.804. The van der Waals surface area contributed by atoms with Crippen LogP contribution in [0.5, 0.6) is 0 Å². The zero-order valence-corrected chi connectivity index (χ0v) is 17.2. The molecule has 0 saturated carbocycles. The number of hydrogen-bond acceptors (Lipinski definition) is 2. The van der Waals surface area contributed by atoms with Crippen LogP contribution >= 0.6 is 0 Å². The summed E-state index contributed by atoms with van der Waals surface area (Å²) in [7, 11) is 0. The molecule has 2 aromatic carbocycles. The van der Waals surface area contributed by atoms with Crippen LogP contribution in [0.3, 0.4) is 0 Å². The molecule has 1 fully saturated rings. The second-order valence-corrected chi connectivity index (χ2v) is 8.15. The van der Waals surface area contributed by atoms with Gasteiger partial charge in [-0.1, -0.05) is 35.9 Å². The molecule has 1 aliphatic rings. The fourth-order valence-corrected chi connectivity index (χ4v) is 3.57. The van der Waals surface area contributed by atoms with Crippen LogP contribution in [0.2, 0.25) is 0 Å². The van der Waals surface area contributed by atoms with Crippen LogP contribution in [0.1, 0.15) is 36.5 Å². The maximum Gasteiger partial charge on any atom is 0.321 e. The predicted molar refractivity (Wildman–Crippen MR) is 112 cm³/mol. The molecule has 0 aromatic heterocycles. The molecule has 0 aliphatic carbocycles. The molecule has 3 rings (SSSR count). The lowest BCUT2D eigenvalue weighted by molar-refractivity contribution is -0.132. The van der Waals surface area contributed by atoms with Gasteiger partial charge in [-0.15, -0.1) is 0 Å². The van der Waals surface area contributed by atoms with Crippen molar-refractivity contribution >= 4 is 17.6 Å². The SMILES string of the molecule is Cc1ccc(CNC(=O)C2(C)CCCN(C(=O)Nc3ccc(C)c(F)c3)C2)cc1. The van der Waals surface area contributed by atoms with Crippen LogP contribution in [-0.2, 0) is 11.3 Å². The van der Waals surface area contributed by atoms with Gasteiger partial charge in [0.05, 0.1) is 5.41 Å². The molecular formula is C23H28FN3O2. The molecule has 1 heterocycles. The van der Waals surface area contributed by atoms with Gasteiger partial charge in [0.25, 0.3) is 0 Å². The molecule has 29 heavy (non-hydrogen) atoms. The summed E-state index contributed by atoms with van der Waals surface area (Å²) in [5, 5.41) is 5.74. The smallest absolute Gasteiger partial charge is 0.321 e. The van der Waals surface area contributed by atoms with Crippen LogP contribution in [0.25, 0.3) is 0 Å². The highest BCUT2D eigenvalue weighted by Gasteiger charge is 2.39. The number of nitrogens with zero attached hydrogens (tertiary/aromatic N) is 1. The van der Waals surface area contributed by atoms with E-state index in [-0.39, 0.29) is 17.8 Å². The van der Waals surface area contributed by atoms with E-state index in [1.807, 2.05) is 38.1 Å². The molecule has 154 valence electrons. The number of piperidine rings is 1. The summed E-state index contributed by atoms with van der Waals surface area (Å²) in [6.45, 7) is 6.95. The Kier molecular flexibility index (Phi) is 6.20. The molecule has 0 spiro atoms. The van der Waals surface area contributed by atoms with Gasteiger partial charge in [0.15, 0.2) is 0 Å². The Hall–Kier alpha value is -2.89. The van der Waals surface area contributed by atoms with E-state index in [9.17, 15) is 14.0 Å². The maximum absolute atomic E-state index is 13.7. The van der Waals surface area contributed by atoms with E-state index < -0.39 is 5.41 Å². The molecule has 6 heteroatoms. The normalized spacial score (nSPS) is 19.0. The maximum atomic E-state index is 13.7. The van der Waals surface area contributed by atoms with Gasteiger partial charge in [-0.3, -0.25) is 4.79 Å². The number of nitrogens with one attached hydrogen (secondary N) is 2. The number of amides is 3. The average Bonchev–Trinajstić information content (AvgIpc) is 2.70. The number of carbonyl (C=O) groups excluding carboxylic acids is 2. The fourth-order valence-electron chi connectivity index (χ4n) is 3.57. The van der Waals surface area contributed by atoms with E-state index in [0.717, 1.165) is 18.4 Å². The Morgan fingerprint density at radius 1 is 1.14 bits per heavy atom. The standard InChI is InChI=1S/C23H28FN3O2/c1-16-5-8-18(9-6-16)14-25-21(28)23(3)11-4-12-27(15-23)22(29)26-19-10-7-17(2)20(24)13-19/h5-10,13H,4,11-12,14-15H2,1-3H3,(H,25,28)(H,26,29). The van der Waals surface area contributed by atoms with E-state index in [2.05, 4.69) is 10.6 Å². The van der Waals surface area contributed by atoms with E-state index in [4.69, 9.17) is 0 Å². The van der Waals surface area contributed by atoms with Crippen LogP contribution in [0, 0.1) is 25.1 Å². The van der Waals surface area contributed by atoms with Gasteiger partial charge < -0.3 is 15.5 Å². The minimum absolute atomic E-state index is 0.0584. The third-order valence-corrected chi connectivity index (χ3v) is 5.53. The Bertz CT molecular complexity index is 897. The van der Waals surface area contributed by atoms with Crippen molar-refractivity contribution in [2.24, 2.45) is 5.41 Å². The number of hydrogen-bond donors (Lipinski definition) is 2. The van der Waals surface area contributed by atoms with Crippen LogP contribution in [0.15, 0.2) is 42.5 Å². The highest BCUT2D eigenvalue weighted by atomic mass is 19.1. The van der Waals surface area contributed by atoms with Gasteiger partial charge in [-0.05, 0) is 56.9 Å². The first kappa shape index (κ1) is 20.8.